The zero-order valence-electron chi connectivity index (χ0n) is 21.4. The van der Waals surface area contributed by atoms with Gasteiger partial charge in [0, 0.05) is 12.7 Å². The molecule has 1 aliphatic rings. The van der Waals surface area contributed by atoms with Gasteiger partial charge in [-0.05, 0) is 52.7 Å². The lowest BCUT2D eigenvalue weighted by molar-refractivity contribution is -0.140. The van der Waals surface area contributed by atoms with E-state index in [1.807, 2.05) is 18.2 Å². The summed E-state index contributed by atoms with van der Waals surface area (Å²) in [7, 11) is 3.05. The number of benzene rings is 2. The first-order valence-electron chi connectivity index (χ1n) is 11.8. The van der Waals surface area contributed by atoms with Crippen LogP contribution in [0.15, 0.2) is 68.0 Å². The maximum absolute atomic E-state index is 13.8. The summed E-state index contributed by atoms with van der Waals surface area (Å²) in [6, 6.07) is 11.6. The van der Waals surface area contributed by atoms with E-state index in [1.54, 1.807) is 37.3 Å². The lowest BCUT2D eigenvalue weighted by Crippen LogP contribution is -2.40. The van der Waals surface area contributed by atoms with Crippen LogP contribution in [-0.2, 0) is 19.1 Å². The van der Waals surface area contributed by atoms with Crippen molar-refractivity contribution >= 4 is 45.2 Å². The Morgan fingerprint density at radius 2 is 1.92 bits per heavy atom. The van der Waals surface area contributed by atoms with Crippen LogP contribution in [0.5, 0.6) is 11.5 Å². The van der Waals surface area contributed by atoms with Gasteiger partial charge in [0.05, 0.1) is 34.0 Å². The molecule has 1 aromatic heterocycles. The molecule has 0 aliphatic carbocycles. The van der Waals surface area contributed by atoms with Crippen molar-refractivity contribution in [3.8, 4) is 11.5 Å². The summed E-state index contributed by atoms with van der Waals surface area (Å²) in [5.74, 6) is -0.219. The number of hydrogen-bond acceptors (Lipinski definition) is 9. The second-order valence-electron chi connectivity index (χ2n) is 8.40. The Morgan fingerprint density at radius 3 is 2.62 bits per heavy atom. The van der Waals surface area contributed by atoms with Crippen LogP contribution in [0, 0.1) is 0 Å². The number of aromatic nitrogens is 1. The van der Waals surface area contributed by atoms with Crippen LogP contribution in [0.3, 0.4) is 0 Å². The summed E-state index contributed by atoms with van der Waals surface area (Å²) in [6.07, 6.45) is 1.72. The summed E-state index contributed by atoms with van der Waals surface area (Å²) in [5.41, 5.74) is 6.85. The number of ether oxygens (including phenoxy) is 4. The molecule has 4 rings (SSSR count). The highest BCUT2D eigenvalue weighted by molar-refractivity contribution is 9.10. The van der Waals surface area contributed by atoms with Gasteiger partial charge in [-0.15, -0.1) is 0 Å². The molecule has 204 valence electrons. The van der Waals surface area contributed by atoms with E-state index in [1.165, 1.54) is 30.1 Å². The molecular formula is C27H26BrN3O7S. The summed E-state index contributed by atoms with van der Waals surface area (Å²) >= 11 is 4.63. The number of fused-ring (bicyclic) bond motifs is 1. The number of nitrogens with two attached hydrogens (primary N) is 1. The molecule has 0 fully saturated rings. The fourth-order valence-electron chi connectivity index (χ4n) is 4.09. The average molecular weight is 616 g/mol. The average Bonchev–Trinajstić information content (AvgIpc) is 3.21. The third-order valence-corrected chi connectivity index (χ3v) is 7.42. The van der Waals surface area contributed by atoms with E-state index >= 15 is 0 Å². The monoisotopic (exact) mass is 615 g/mol. The summed E-state index contributed by atoms with van der Waals surface area (Å²) in [6.45, 7) is 1.76. The smallest absolute Gasteiger partial charge is 0.338 e. The van der Waals surface area contributed by atoms with E-state index < -0.39 is 17.9 Å². The molecule has 0 radical (unpaired) electrons. The zero-order chi connectivity index (χ0) is 28.1. The van der Waals surface area contributed by atoms with Gasteiger partial charge in [-0.2, -0.15) is 0 Å². The highest BCUT2D eigenvalue weighted by Gasteiger charge is 2.35. The lowest BCUT2D eigenvalue weighted by atomic mass is 9.95. The van der Waals surface area contributed by atoms with E-state index in [0.29, 0.717) is 42.1 Å². The van der Waals surface area contributed by atoms with Gasteiger partial charge in [0.25, 0.3) is 11.5 Å². The van der Waals surface area contributed by atoms with Crippen LogP contribution in [0.4, 0.5) is 0 Å². The van der Waals surface area contributed by atoms with Gasteiger partial charge in [-0.1, -0.05) is 35.6 Å². The number of rotatable bonds is 10. The van der Waals surface area contributed by atoms with Gasteiger partial charge >= 0.3 is 5.97 Å². The van der Waals surface area contributed by atoms with Crippen molar-refractivity contribution in [3.05, 3.63) is 89.0 Å². The van der Waals surface area contributed by atoms with Crippen molar-refractivity contribution in [2.75, 3.05) is 34.0 Å². The first-order valence-corrected chi connectivity index (χ1v) is 13.4. The van der Waals surface area contributed by atoms with Gasteiger partial charge in [0.2, 0.25) is 0 Å². The molecule has 2 heterocycles. The quantitative estimate of drug-likeness (QED) is 0.273. The van der Waals surface area contributed by atoms with Gasteiger partial charge in [-0.25, -0.2) is 9.79 Å². The molecule has 2 N–H and O–H groups in total. The van der Waals surface area contributed by atoms with Crippen LogP contribution in [-0.4, -0.2) is 50.5 Å². The maximum atomic E-state index is 13.8. The molecule has 39 heavy (non-hydrogen) atoms. The maximum Gasteiger partial charge on any atom is 0.338 e. The Labute approximate surface area is 236 Å². The van der Waals surface area contributed by atoms with Gasteiger partial charge in [0.15, 0.2) is 11.4 Å². The van der Waals surface area contributed by atoms with Crippen molar-refractivity contribution in [2.24, 2.45) is 10.7 Å². The minimum absolute atomic E-state index is 0.0587. The second-order valence-corrected chi connectivity index (χ2v) is 10.3. The number of nitrogens with zero attached hydrogens (tertiary/aromatic N) is 2. The van der Waals surface area contributed by atoms with E-state index in [9.17, 15) is 14.4 Å². The van der Waals surface area contributed by atoms with Crippen molar-refractivity contribution in [2.45, 2.75) is 13.0 Å². The normalized spacial score (nSPS) is 15.0. The molecule has 1 atom stereocenters. The highest BCUT2D eigenvalue weighted by atomic mass is 79.9. The van der Waals surface area contributed by atoms with Crippen molar-refractivity contribution in [1.29, 1.82) is 0 Å². The second kappa shape index (κ2) is 12.4. The summed E-state index contributed by atoms with van der Waals surface area (Å²) in [5, 5.41) is 0. The molecular weight excluding hydrogens is 590 g/mol. The summed E-state index contributed by atoms with van der Waals surface area (Å²) in [4.78, 5) is 43.1. The molecule has 3 aromatic rings. The number of carbonyl (C=O) groups excluding carboxylic acids is 2. The fourth-order valence-corrected chi connectivity index (χ4v) is 5.65. The van der Waals surface area contributed by atoms with E-state index in [-0.39, 0.29) is 31.0 Å². The largest absolute Gasteiger partial charge is 0.496 e. The number of esters is 1. The number of thiazole rings is 1. The minimum atomic E-state index is -0.814. The molecule has 1 amide bonds. The number of methoxy groups -OCH3 is 2. The van der Waals surface area contributed by atoms with E-state index in [0.717, 1.165) is 0 Å². The molecule has 12 heteroatoms. The van der Waals surface area contributed by atoms with Crippen molar-refractivity contribution in [1.82, 2.24) is 4.57 Å². The number of allylic oxidation sites excluding steroid dienone is 1. The Morgan fingerprint density at radius 1 is 1.15 bits per heavy atom. The molecule has 0 bridgehead atoms. The first-order chi connectivity index (χ1) is 18.7. The number of amides is 1. The third kappa shape index (κ3) is 6.13. The van der Waals surface area contributed by atoms with Crippen LogP contribution in [0.25, 0.3) is 6.08 Å². The zero-order valence-corrected chi connectivity index (χ0v) is 23.8. The number of para-hydroxylation sites is 1. The van der Waals surface area contributed by atoms with Gasteiger partial charge in [0.1, 0.15) is 24.1 Å². The van der Waals surface area contributed by atoms with Gasteiger partial charge in [-0.3, -0.25) is 14.2 Å². The number of primary amides is 1. The highest BCUT2D eigenvalue weighted by Crippen LogP contribution is 2.35. The van der Waals surface area contributed by atoms with Gasteiger partial charge < -0.3 is 24.7 Å². The molecule has 0 saturated heterocycles. The molecule has 10 nitrogen and oxygen atoms in total. The molecule has 0 saturated carbocycles. The molecule has 1 aliphatic heterocycles. The Bertz CT molecular complexity index is 1630. The predicted octanol–water partition coefficient (Wildman–Crippen LogP) is 2.06. The number of carbonyl (C=O) groups is 2. The Hall–Kier alpha value is -3.74. The summed E-state index contributed by atoms with van der Waals surface area (Å²) < 4.78 is 23.9. The number of halogens is 1. The van der Waals surface area contributed by atoms with Crippen LogP contribution >= 0.6 is 27.3 Å². The predicted molar refractivity (Wildman–Crippen MR) is 148 cm³/mol. The lowest BCUT2D eigenvalue weighted by Gasteiger charge is -2.26. The van der Waals surface area contributed by atoms with E-state index in [4.69, 9.17) is 24.7 Å². The SMILES string of the molecule is COCCOC(=O)C1=C(C)N=c2sc(=Cc3ccc(OCC(N)=O)c(Br)c3)c(=O)n2C1c1ccccc1OC. The molecule has 0 spiro atoms. The fraction of sp³-hybridized carbons (Fsp3) is 0.259. The third-order valence-electron chi connectivity index (χ3n) is 5.82. The van der Waals surface area contributed by atoms with Crippen LogP contribution in [0.2, 0.25) is 0 Å². The number of hydrogen-bond donors (Lipinski definition) is 1. The van der Waals surface area contributed by atoms with Crippen LogP contribution < -0.4 is 30.1 Å². The first kappa shape index (κ1) is 28.3. The Kier molecular flexibility index (Phi) is 9.00. The van der Waals surface area contributed by atoms with Crippen molar-refractivity contribution < 1.29 is 28.5 Å². The van der Waals surface area contributed by atoms with E-state index in [2.05, 4.69) is 20.9 Å². The van der Waals surface area contributed by atoms with Crippen LogP contribution in [0.1, 0.15) is 24.1 Å². The topological polar surface area (TPSA) is 131 Å². The minimum Gasteiger partial charge on any atom is -0.496 e. The Balaban J connectivity index is 1.84. The molecule has 1 unspecified atom stereocenters. The molecule has 2 aromatic carbocycles. The standard InChI is InChI=1S/C27H26BrN3O7S/c1-15-23(26(34)37-11-10-35-2)24(17-6-4-5-7-19(17)36-3)31-25(33)21(39-27(31)30-15)13-16-8-9-20(18(28)12-16)38-14-22(29)32/h4-9,12-13,24H,10-11,14H2,1-3H3,(H2,29,32). The van der Waals surface area contributed by atoms with Crippen molar-refractivity contribution in [3.63, 3.8) is 0 Å².